The zero-order chi connectivity index (χ0) is 10.9. The van der Waals surface area contributed by atoms with Gasteiger partial charge in [0.15, 0.2) is 9.84 Å². The summed E-state index contributed by atoms with van der Waals surface area (Å²) in [6, 6.07) is 0. The molecule has 0 aromatic carbocycles. The summed E-state index contributed by atoms with van der Waals surface area (Å²) in [5.41, 5.74) is 0. The van der Waals surface area contributed by atoms with Crippen molar-refractivity contribution in [1.82, 2.24) is 5.32 Å². The summed E-state index contributed by atoms with van der Waals surface area (Å²) in [5.74, 6) is -1.56. The maximum Gasteiger partial charge on any atom is 0.231 e. The third-order valence-electron chi connectivity index (χ3n) is 2.41. The van der Waals surface area contributed by atoms with Crippen LogP contribution in [0.3, 0.4) is 0 Å². The second kappa shape index (κ2) is 3.68. The average Bonchev–Trinajstić information content (AvgIpc) is 2.29. The second-order valence-electron chi connectivity index (χ2n) is 3.50. The molecule has 0 aliphatic carbocycles. The van der Waals surface area contributed by atoms with Crippen molar-refractivity contribution in [2.45, 2.75) is 25.0 Å². The molecular weight excluding hydrogens is 206 g/mol. The number of hydrogen-bond acceptors (Lipinski definition) is 4. The van der Waals surface area contributed by atoms with Crippen LogP contribution in [0.5, 0.6) is 0 Å². The Bertz CT molecular complexity index is 360. The van der Waals surface area contributed by atoms with Crippen molar-refractivity contribution >= 4 is 21.7 Å². The molecule has 1 heterocycles. The lowest BCUT2D eigenvalue weighted by Gasteiger charge is -2.16. The molecule has 0 spiro atoms. The van der Waals surface area contributed by atoms with E-state index < -0.39 is 26.9 Å². The molecule has 1 rings (SSSR count). The third kappa shape index (κ3) is 2.12. The van der Waals surface area contributed by atoms with Gasteiger partial charge in [0.2, 0.25) is 11.8 Å². The normalized spacial score (nSPS) is 24.9. The fraction of sp³-hybridized carbons (Fsp3) is 0.750. The van der Waals surface area contributed by atoms with E-state index in [1.54, 1.807) is 6.92 Å². The molecule has 1 saturated heterocycles. The van der Waals surface area contributed by atoms with Crippen molar-refractivity contribution in [3.8, 4) is 0 Å². The zero-order valence-corrected chi connectivity index (χ0v) is 8.93. The van der Waals surface area contributed by atoms with Gasteiger partial charge in [-0.15, -0.1) is 0 Å². The molecule has 5 nitrogen and oxygen atoms in total. The average molecular weight is 219 g/mol. The number of imide groups is 1. The molecule has 0 aromatic rings. The first-order valence-electron chi connectivity index (χ1n) is 4.38. The van der Waals surface area contributed by atoms with Gasteiger partial charge in [-0.25, -0.2) is 8.42 Å². The predicted octanol–water partition coefficient (Wildman–Crippen LogP) is -0.528. The summed E-state index contributed by atoms with van der Waals surface area (Å²) in [6.45, 7) is 1.70. The summed E-state index contributed by atoms with van der Waals surface area (Å²) in [4.78, 5) is 22.1. The molecule has 2 atom stereocenters. The number of rotatable bonds is 3. The first kappa shape index (κ1) is 11.2. The van der Waals surface area contributed by atoms with Crippen LogP contribution in [0.2, 0.25) is 0 Å². The quantitative estimate of drug-likeness (QED) is 0.647. The van der Waals surface area contributed by atoms with Crippen LogP contribution in [0.4, 0.5) is 0 Å². The van der Waals surface area contributed by atoms with Gasteiger partial charge >= 0.3 is 0 Å². The Balaban J connectivity index is 2.92. The maximum atomic E-state index is 11.3. The van der Waals surface area contributed by atoms with Crippen molar-refractivity contribution in [3.05, 3.63) is 0 Å². The minimum absolute atomic E-state index is 0.00951. The van der Waals surface area contributed by atoms with Crippen LogP contribution in [-0.2, 0) is 19.4 Å². The SMILES string of the molecule is CCC(C1CC(=O)NC1=O)S(C)(=O)=O. The van der Waals surface area contributed by atoms with Crippen LogP contribution in [0.25, 0.3) is 0 Å². The Morgan fingerprint density at radius 1 is 1.50 bits per heavy atom. The van der Waals surface area contributed by atoms with Crippen molar-refractivity contribution < 1.29 is 18.0 Å². The van der Waals surface area contributed by atoms with Gasteiger partial charge in [0.05, 0.1) is 11.2 Å². The van der Waals surface area contributed by atoms with E-state index in [0.29, 0.717) is 6.42 Å². The Labute approximate surface area is 82.8 Å². The van der Waals surface area contributed by atoms with Crippen molar-refractivity contribution in [1.29, 1.82) is 0 Å². The van der Waals surface area contributed by atoms with Crippen molar-refractivity contribution in [2.75, 3.05) is 6.26 Å². The fourth-order valence-electron chi connectivity index (χ4n) is 1.76. The first-order valence-corrected chi connectivity index (χ1v) is 6.34. The van der Waals surface area contributed by atoms with E-state index in [4.69, 9.17) is 0 Å². The highest BCUT2D eigenvalue weighted by Gasteiger charge is 2.40. The summed E-state index contributed by atoms with van der Waals surface area (Å²) in [7, 11) is -3.27. The summed E-state index contributed by atoms with van der Waals surface area (Å²) in [6.07, 6.45) is 1.44. The Morgan fingerprint density at radius 2 is 2.07 bits per heavy atom. The van der Waals surface area contributed by atoms with Crippen LogP contribution in [0.1, 0.15) is 19.8 Å². The fourth-order valence-corrected chi connectivity index (χ4v) is 3.18. The third-order valence-corrected chi connectivity index (χ3v) is 4.17. The van der Waals surface area contributed by atoms with Gasteiger partial charge in [0.25, 0.3) is 0 Å². The number of sulfone groups is 1. The van der Waals surface area contributed by atoms with Crippen LogP contribution in [0.15, 0.2) is 0 Å². The number of nitrogens with one attached hydrogen (secondary N) is 1. The molecule has 2 unspecified atom stereocenters. The molecule has 0 radical (unpaired) electrons. The van der Waals surface area contributed by atoms with E-state index in [2.05, 4.69) is 5.32 Å². The zero-order valence-electron chi connectivity index (χ0n) is 8.11. The standard InChI is InChI=1S/C8H13NO4S/c1-3-6(14(2,12)13)5-4-7(10)9-8(5)11/h5-6H,3-4H2,1-2H3,(H,9,10,11). The van der Waals surface area contributed by atoms with Crippen LogP contribution < -0.4 is 5.32 Å². The van der Waals surface area contributed by atoms with Gasteiger partial charge in [-0.1, -0.05) is 6.92 Å². The summed E-state index contributed by atoms with van der Waals surface area (Å²) >= 11 is 0. The Morgan fingerprint density at radius 3 is 2.36 bits per heavy atom. The molecule has 14 heavy (non-hydrogen) atoms. The number of amides is 2. The lowest BCUT2D eigenvalue weighted by Crippen LogP contribution is -2.34. The second-order valence-corrected chi connectivity index (χ2v) is 5.76. The highest BCUT2D eigenvalue weighted by Crippen LogP contribution is 2.23. The minimum Gasteiger partial charge on any atom is -0.296 e. The smallest absolute Gasteiger partial charge is 0.231 e. The van der Waals surface area contributed by atoms with Crippen LogP contribution in [-0.4, -0.2) is 31.7 Å². The molecular formula is C8H13NO4S. The summed E-state index contributed by atoms with van der Waals surface area (Å²) < 4.78 is 22.6. The van der Waals surface area contributed by atoms with Crippen molar-refractivity contribution in [3.63, 3.8) is 0 Å². The molecule has 0 bridgehead atoms. The highest BCUT2D eigenvalue weighted by atomic mass is 32.2. The van der Waals surface area contributed by atoms with E-state index >= 15 is 0 Å². The van der Waals surface area contributed by atoms with E-state index in [1.165, 1.54) is 0 Å². The van der Waals surface area contributed by atoms with Crippen LogP contribution in [0, 0.1) is 5.92 Å². The lowest BCUT2D eigenvalue weighted by atomic mass is 10.0. The van der Waals surface area contributed by atoms with Gasteiger partial charge in [-0.3, -0.25) is 14.9 Å². The lowest BCUT2D eigenvalue weighted by molar-refractivity contribution is -0.125. The topological polar surface area (TPSA) is 80.3 Å². The molecule has 1 aliphatic rings. The molecule has 80 valence electrons. The number of hydrogen-bond donors (Lipinski definition) is 1. The summed E-state index contributed by atoms with van der Waals surface area (Å²) in [5, 5.41) is 1.37. The van der Waals surface area contributed by atoms with E-state index in [0.717, 1.165) is 6.26 Å². The maximum absolute atomic E-state index is 11.3. The Hall–Kier alpha value is -0.910. The molecule has 0 saturated carbocycles. The van der Waals surface area contributed by atoms with E-state index in [9.17, 15) is 18.0 Å². The van der Waals surface area contributed by atoms with Crippen LogP contribution >= 0.6 is 0 Å². The highest BCUT2D eigenvalue weighted by molar-refractivity contribution is 7.91. The molecule has 1 fully saturated rings. The van der Waals surface area contributed by atoms with Gasteiger partial charge in [0, 0.05) is 12.7 Å². The minimum atomic E-state index is -3.27. The molecule has 0 aromatic heterocycles. The number of carbonyl (C=O) groups excluding carboxylic acids is 2. The van der Waals surface area contributed by atoms with Gasteiger partial charge in [0.1, 0.15) is 0 Å². The molecule has 2 amide bonds. The van der Waals surface area contributed by atoms with Gasteiger partial charge in [-0.2, -0.15) is 0 Å². The first-order chi connectivity index (χ1) is 6.36. The van der Waals surface area contributed by atoms with E-state index in [-0.39, 0.29) is 12.3 Å². The number of carbonyl (C=O) groups is 2. The van der Waals surface area contributed by atoms with Crippen molar-refractivity contribution in [2.24, 2.45) is 5.92 Å². The molecule has 6 heteroatoms. The van der Waals surface area contributed by atoms with Gasteiger partial charge < -0.3 is 0 Å². The monoisotopic (exact) mass is 219 g/mol. The largest absolute Gasteiger partial charge is 0.296 e. The Kier molecular flexibility index (Phi) is 2.94. The van der Waals surface area contributed by atoms with Gasteiger partial charge in [-0.05, 0) is 6.42 Å². The molecule has 1 aliphatic heterocycles. The van der Waals surface area contributed by atoms with E-state index in [1.807, 2.05) is 0 Å². The molecule has 1 N–H and O–H groups in total. The predicted molar refractivity (Wildman–Crippen MR) is 50.2 cm³/mol.